The standard InChI is InChI=1S/C67H76N2O19/c1-7-49-56(87-63-40(4)39(3)53(84-61(72)46-29-19-11-20-30-46)50(80-63)34-68-66(74)77-35-43-23-13-8-14-24-43)59(85-62(73)47-31-21-12-22-32-47)65(79-49)88-58-52(83-60(71)45-27-17-10-18-28-45)38(2)33-48(69-67(75)78-36-44-25-15-9-16-26-44)55(58)86-64-41(5)54-57(82-54)51(81-64)37-76-42(6)70/h8-32,38-41,48-59,63-65H,7,33-37H2,1-6H3,(H,68,74)(H,69,75)/t38-,39-,40-,41-,48+,49-,50+,51-,52?,53+,54?,55-,56-,57+,58-,59-,63-,64-,65+/m1/s1. The van der Waals surface area contributed by atoms with Gasteiger partial charge in [-0.25, -0.2) is 24.0 Å². The summed E-state index contributed by atoms with van der Waals surface area (Å²) in [6.45, 7) is 10.3. The van der Waals surface area contributed by atoms with Crippen molar-refractivity contribution >= 4 is 36.1 Å². The Morgan fingerprint density at radius 2 is 0.920 bits per heavy atom. The van der Waals surface area contributed by atoms with Crippen LogP contribution in [0.15, 0.2) is 152 Å². The molecule has 5 aliphatic rings. The fourth-order valence-corrected chi connectivity index (χ4v) is 11.8. The number of rotatable bonds is 22. The highest BCUT2D eigenvalue weighted by molar-refractivity contribution is 5.90. The van der Waals surface area contributed by atoms with E-state index in [2.05, 4.69) is 10.6 Å². The molecule has 1 saturated carbocycles. The van der Waals surface area contributed by atoms with E-state index in [1.807, 2.05) is 95.3 Å². The number of benzene rings is 5. The highest BCUT2D eigenvalue weighted by atomic mass is 16.8. The minimum absolute atomic E-state index is 0.00103. The van der Waals surface area contributed by atoms with Crippen molar-refractivity contribution in [1.29, 1.82) is 0 Å². The molecule has 1 aliphatic carbocycles. The lowest BCUT2D eigenvalue weighted by Gasteiger charge is -2.47. The van der Waals surface area contributed by atoms with E-state index in [0.717, 1.165) is 11.1 Å². The Hall–Kier alpha value is -7.76. The highest BCUT2D eigenvalue weighted by Gasteiger charge is 2.60. The second-order valence-corrected chi connectivity index (χ2v) is 23.0. The topological polar surface area (TPSA) is 250 Å². The van der Waals surface area contributed by atoms with Gasteiger partial charge in [-0.1, -0.05) is 150 Å². The molecule has 19 atom stereocenters. The molecule has 2 N–H and O–H groups in total. The maximum absolute atomic E-state index is 14.5. The third kappa shape index (κ3) is 15.7. The molecule has 88 heavy (non-hydrogen) atoms. The first kappa shape index (κ1) is 63.3. The van der Waals surface area contributed by atoms with Crippen LogP contribution in [0.25, 0.3) is 0 Å². The van der Waals surface area contributed by atoms with E-state index in [4.69, 9.17) is 61.6 Å². The zero-order valence-corrected chi connectivity index (χ0v) is 49.9. The fraction of sp³-hybridized carbons (Fsp3) is 0.463. The van der Waals surface area contributed by atoms with Crippen molar-refractivity contribution in [2.24, 2.45) is 23.7 Å². The summed E-state index contributed by atoms with van der Waals surface area (Å²) < 4.78 is 83.7. The van der Waals surface area contributed by atoms with Crippen molar-refractivity contribution < 1.29 is 90.3 Å². The van der Waals surface area contributed by atoms with E-state index in [1.54, 1.807) is 91.0 Å². The van der Waals surface area contributed by atoms with Crippen LogP contribution >= 0.6 is 0 Å². The Morgan fingerprint density at radius 1 is 0.455 bits per heavy atom. The van der Waals surface area contributed by atoms with Crippen LogP contribution in [0.4, 0.5) is 9.59 Å². The van der Waals surface area contributed by atoms with Crippen molar-refractivity contribution in [2.45, 2.75) is 160 Å². The number of amides is 2. The number of ether oxygens (including phenoxy) is 13. The van der Waals surface area contributed by atoms with Gasteiger partial charge in [-0.05, 0) is 66.3 Å². The number of epoxide rings is 1. The quantitative estimate of drug-likeness (QED) is 0.0373. The van der Waals surface area contributed by atoms with E-state index in [9.17, 15) is 28.8 Å². The molecule has 21 nitrogen and oxygen atoms in total. The summed E-state index contributed by atoms with van der Waals surface area (Å²) in [7, 11) is 0. The largest absolute Gasteiger partial charge is 0.463 e. The van der Waals surface area contributed by atoms with Crippen molar-refractivity contribution in [1.82, 2.24) is 10.6 Å². The summed E-state index contributed by atoms with van der Waals surface area (Å²) in [6.07, 6.45) is -15.3. The normalized spacial score (nSPS) is 31.4. The van der Waals surface area contributed by atoms with Crippen molar-refractivity contribution in [2.75, 3.05) is 13.2 Å². The smallest absolute Gasteiger partial charge is 0.407 e. The number of nitrogens with one attached hydrogen (secondary N) is 2. The fourth-order valence-electron chi connectivity index (χ4n) is 11.8. The van der Waals surface area contributed by atoms with Crippen molar-refractivity contribution in [3.63, 3.8) is 0 Å². The van der Waals surface area contributed by atoms with Gasteiger partial charge in [0.2, 0.25) is 0 Å². The average Bonchev–Trinajstić information content (AvgIpc) is 2.26. The maximum Gasteiger partial charge on any atom is 0.407 e. The molecule has 4 heterocycles. The van der Waals surface area contributed by atoms with Gasteiger partial charge in [0.25, 0.3) is 0 Å². The van der Waals surface area contributed by atoms with Gasteiger partial charge in [0.05, 0.1) is 41.5 Å². The Morgan fingerprint density at radius 3 is 1.47 bits per heavy atom. The summed E-state index contributed by atoms with van der Waals surface area (Å²) in [5.41, 5.74) is 2.29. The average molecular weight is 1210 g/mol. The minimum atomic E-state index is -1.50. The van der Waals surface area contributed by atoms with Gasteiger partial charge in [-0.2, -0.15) is 0 Å². The third-order valence-corrected chi connectivity index (χ3v) is 16.8. The zero-order chi connectivity index (χ0) is 61.8. The molecule has 468 valence electrons. The van der Waals surface area contributed by atoms with E-state index < -0.39 is 140 Å². The lowest BCUT2D eigenvalue weighted by Crippen LogP contribution is -2.64. The van der Waals surface area contributed by atoms with Crippen LogP contribution in [0.2, 0.25) is 0 Å². The van der Waals surface area contributed by atoms with Crippen LogP contribution in [0, 0.1) is 23.7 Å². The molecule has 21 heteroatoms. The molecule has 5 aromatic rings. The highest BCUT2D eigenvalue weighted by Crippen LogP contribution is 2.45. The lowest BCUT2D eigenvalue weighted by atomic mass is 9.79. The Balaban J connectivity index is 0.986. The van der Waals surface area contributed by atoms with Gasteiger partial charge in [0.15, 0.2) is 25.0 Å². The summed E-state index contributed by atoms with van der Waals surface area (Å²) in [5, 5.41) is 5.82. The summed E-state index contributed by atoms with van der Waals surface area (Å²) in [6, 6.07) is 42.7. The van der Waals surface area contributed by atoms with Crippen LogP contribution in [-0.4, -0.2) is 141 Å². The zero-order valence-electron chi connectivity index (χ0n) is 49.9. The molecule has 0 aromatic heterocycles. The number of esters is 4. The minimum Gasteiger partial charge on any atom is -0.463 e. The number of carbonyl (C=O) groups excluding carboxylic acids is 6. The SMILES string of the molecule is CC[C@H]1O[C@@H](O[C@@H]2C(OC(=O)c3ccccc3)[C@H](C)C[C@H](NC(=O)OCc3ccccc3)[C@H]2O[C@H]2O[C@H](COC(C)=O)[C@@H]3OC3[C@H]2C)[C@H](OC(=O)c2ccccc2)[C@@H]1O[C@H]1O[C@@H](CNC(=O)OCc2ccccc2)[C@@H](OC(=O)c2ccccc2)[C@H](C)[C@H]1C. The molecule has 0 bridgehead atoms. The first-order chi connectivity index (χ1) is 42.6. The van der Waals surface area contributed by atoms with E-state index in [0.29, 0.717) is 5.56 Å². The number of alkyl carbamates (subject to hydrolysis) is 2. The van der Waals surface area contributed by atoms with E-state index in [1.165, 1.54) is 6.92 Å². The number of hydrogen-bond donors (Lipinski definition) is 2. The van der Waals surface area contributed by atoms with Gasteiger partial charge in [0.1, 0.15) is 68.7 Å². The molecule has 0 spiro atoms. The van der Waals surface area contributed by atoms with E-state index >= 15 is 0 Å². The van der Waals surface area contributed by atoms with Gasteiger partial charge in [0, 0.05) is 24.7 Å². The first-order valence-corrected chi connectivity index (χ1v) is 30.0. The van der Waals surface area contributed by atoms with Gasteiger partial charge in [-0.15, -0.1) is 0 Å². The van der Waals surface area contributed by atoms with Crippen molar-refractivity contribution in [3.8, 4) is 0 Å². The van der Waals surface area contributed by atoms with Crippen LogP contribution < -0.4 is 10.6 Å². The number of carbonyl (C=O) groups is 6. The molecular formula is C67H76N2O19. The number of hydrogen-bond acceptors (Lipinski definition) is 19. The molecule has 0 radical (unpaired) electrons. The van der Waals surface area contributed by atoms with Crippen LogP contribution in [0.5, 0.6) is 0 Å². The first-order valence-electron chi connectivity index (χ1n) is 30.0. The molecule has 10 rings (SSSR count). The number of fused-ring (bicyclic) bond motifs is 1. The molecular weight excluding hydrogens is 1140 g/mol. The second kappa shape index (κ2) is 29.5. The van der Waals surface area contributed by atoms with Crippen LogP contribution in [0.1, 0.15) is 96.6 Å². The Kier molecular flexibility index (Phi) is 21.2. The van der Waals surface area contributed by atoms with E-state index in [-0.39, 0.29) is 62.5 Å². The summed E-state index contributed by atoms with van der Waals surface area (Å²) >= 11 is 0. The van der Waals surface area contributed by atoms with Crippen LogP contribution in [0.3, 0.4) is 0 Å². The van der Waals surface area contributed by atoms with Gasteiger partial charge >= 0.3 is 36.1 Å². The lowest BCUT2D eigenvalue weighted by molar-refractivity contribution is -0.297. The maximum atomic E-state index is 14.5. The Bertz CT molecular complexity index is 3110. The Labute approximate surface area is 511 Å². The second-order valence-electron chi connectivity index (χ2n) is 23.0. The third-order valence-electron chi connectivity index (χ3n) is 16.8. The molecule has 5 aromatic carbocycles. The van der Waals surface area contributed by atoms with Gasteiger partial charge in [-0.3, -0.25) is 4.79 Å². The van der Waals surface area contributed by atoms with Crippen LogP contribution in [-0.2, 0) is 79.6 Å². The molecule has 5 fully saturated rings. The monoisotopic (exact) mass is 1210 g/mol. The summed E-state index contributed by atoms with van der Waals surface area (Å²) in [4.78, 5) is 82.1. The van der Waals surface area contributed by atoms with Crippen molar-refractivity contribution in [3.05, 3.63) is 179 Å². The molecule has 4 aliphatic heterocycles. The molecule has 4 saturated heterocycles. The predicted octanol–water partition coefficient (Wildman–Crippen LogP) is 8.90. The van der Waals surface area contributed by atoms with Gasteiger partial charge < -0.3 is 72.2 Å². The molecule has 2 amide bonds. The predicted molar refractivity (Wildman–Crippen MR) is 313 cm³/mol. The molecule has 2 unspecified atom stereocenters. The summed E-state index contributed by atoms with van der Waals surface area (Å²) in [5.74, 6) is -4.53.